The zero-order chi connectivity index (χ0) is 15.5. The molecule has 0 saturated heterocycles. The summed E-state index contributed by atoms with van der Waals surface area (Å²) in [6.07, 6.45) is 1.77. The largest absolute Gasteiger partial charge is 0.311 e. The van der Waals surface area contributed by atoms with Crippen LogP contribution in [0.15, 0.2) is 24.4 Å². The van der Waals surface area contributed by atoms with E-state index in [0.717, 1.165) is 22.4 Å². The van der Waals surface area contributed by atoms with E-state index in [0.29, 0.717) is 12.4 Å². The lowest BCUT2D eigenvalue weighted by Gasteiger charge is -2.31. The van der Waals surface area contributed by atoms with E-state index in [2.05, 4.69) is 15.5 Å². The second-order valence-electron chi connectivity index (χ2n) is 5.86. The molecule has 0 unspecified atom stereocenters. The fraction of sp³-hybridized carbons (Fsp3) is 0.312. The summed E-state index contributed by atoms with van der Waals surface area (Å²) >= 11 is 0. The molecule has 1 aromatic carbocycles. The first-order valence-electron chi connectivity index (χ1n) is 7.34. The quantitative estimate of drug-likeness (QED) is 0.841. The van der Waals surface area contributed by atoms with Gasteiger partial charge >= 0.3 is 0 Å². The van der Waals surface area contributed by atoms with Gasteiger partial charge in [-0.3, -0.25) is 14.7 Å². The van der Waals surface area contributed by atoms with E-state index >= 15 is 0 Å². The number of aryl methyl sites for hydroxylation is 1. The Hall–Kier alpha value is -2.63. The molecule has 0 saturated carbocycles. The summed E-state index contributed by atoms with van der Waals surface area (Å²) in [6, 6.07) is 5.97. The molecule has 2 N–H and O–H groups in total. The van der Waals surface area contributed by atoms with Crippen molar-refractivity contribution in [2.75, 3.05) is 16.8 Å². The minimum absolute atomic E-state index is 0.0481. The van der Waals surface area contributed by atoms with Crippen LogP contribution >= 0.6 is 0 Å². The number of amides is 2. The lowest BCUT2D eigenvalue weighted by molar-refractivity contribution is -0.126. The van der Waals surface area contributed by atoms with Crippen molar-refractivity contribution < 1.29 is 9.59 Å². The molecular formula is C16H16N4O2. The van der Waals surface area contributed by atoms with Crippen LogP contribution in [0.2, 0.25) is 0 Å². The van der Waals surface area contributed by atoms with Crippen LogP contribution in [0.4, 0.5) is 11.5 Å². The summed E-state index contributed by atoms with van der Waals surface area (Å²) in [6.45, 7) is 4.51. The van der Waals surface area contributed by atoms with Crippen LogP contribution in [0.3, 0.4) is 0 Å². The molecule has 2 aliphatic rings. The fourth-order valence-corrected chi connectivity index (χ4v) is 3.65. The molecule has 22 heavy (non-hydrogen) atoms. The second-order valence-corrected chi connectivity index (χ2v) is 5.86. The van der Waals surface area contributed by atoms with Gasteiger partial charge in [0.2, 0.25) is 11.8 Å². The number of nitrogens with one attached hydrogen (secondary N) is 2. The highest BCUT2D eigenvalue weighted by molar-refractivity contribution is 6.15. The van der Waals surface area contributed by atoms with Crippen LogP contribution in [-0.2, 0) is 15.0 Å². The average molecular weight is 296 g/mol. The number of H-pyrrole nitrogens is 1. The van der Waals surface area contributed by atoms with Gasteiger partial charge in [0.05, 0.1) is 6.20 Å². The maximum absolute atomic E-state index is 13.2. The van der Waals surface area contributed by atoms with E-state index in [1.165, 1.54) is 0 Å². The smallest absolute Gasteiger partial charge is 0.242 e. The van der Waals surface area contributed by atoms with E-state index in [1.807, 2.05) is 32.0 Å². The lowest BCUT2D eigenvalue weighted by atomic mass is 9.71. The molecule has 1 spiro atoms. The van der Waals surface area contributed by atoms with Gasteiger partial charge in [-0.2, -0.15) is 5.10 Å². The predicted octanol–water partition coefficient (Wildman–Crippen LogP) is 1.71. The number of carbonyl (C=O) groups excluding carboxylic acids is 2. The van der Waals surface area contributed by atoms with Crippen LogP contribution in [-0.4, -0.2) is 28.6 Å². The zero-order valence-corrected chi connectivity index (χ0v) is 12.4. The van der Waals surface area contributed by atoms with Crippen molar-refractivity contribution in [3.05, 3.63) is 41.1 Å². The fourth-order valence-electron chi connectivity index (χ4n) is 3.65. The minimum Gasteiger partial charge on any atom is -0.311 e. The summed E-state index contributed by atoms with van der Waals surface area (Å²) in [5.74, 6) is 0.304. The van der Waals surface area contributed by atoms with Crippen molar-refractivity contribution in [3.63, 3.8) is 0 Å². The highest BCUT2D eigenvalue weighted by Gasteiger charge is 2.56. The Bertz CT molecular complexity index is 810. The molecule has 6 heteroatoms. The van der Waals surface area contributed by atoms with Crippen LogP contribution in [0.25, 0.3) is 0 Å². The van der Waals surface area contributed by atoms with Gasteiger partial charge in [-0.05, 0) is 25.5 Å². The normalized spacial score (nSPS) is 22.7. The van der Waals surface area contributed by atoms with Crippen molar-refractivity contribution in [2.24, 2.45) is 0 Å². The number of aromatic amines is 1. The molecule has 3 heterocycles. The van der Waals surface area contributed by atoms with E-state index in [4.69, 9.17) is 0 Å². The van der Waals surface area contributed by atoms with Crippen LogP contribution in [0, 0.1) is 6.92 Å². The Morgan fingerprint density at radius 1 is 1.32 bits per heavy atom. The monoisotopic (exact) mass is 296 g/mol. The molecule has 1 aromatic heterocycles. The van der Waals surface area contributed by atoms with Gasteiger partial charge in [-0.25, -0.2) is 0 Å². The van der Waals surface area contributed by atoms with Crippen molar-refractivity contribution in [1.82, 2.24) is 10.2 Å². The van der Waals surface area contributed by atoms with E-state index in [-0.39, 0.29) is 18.2 Å². The Labute approximate surface area is 127 Å². The topological polar surface area (TPSA) is 78.1 Å². The summed E-state index contributed by atoms with van der Waals surface area (Å²) in [7, 11) is 0. The van der Waals surface area contributed by atoms with Gasteiger partial charge in [-0.15, -0.1) is 0 Å². The van der Waals surface area contributed by atoms with E-state index in [9.17, 15) is 9.59 Å². The lowest BCUT2D eigenvalue weighted by Crippen LogP contribution is -2.46. The number of nitrogens with zero attached hydrogens (tertiary/aromatic N) is 2. The number of aromatic nitrogens is 2. The molecule has 2 aromatic rings. The second kappa shape index (κ2) is 4.19. The predicted molar refractivity (Wildman–Crippen MR) is 81.8 cm³/mol. The van der Waals surface area contributed by atoms with Crippen molar-refractivity contribution >= 4 is 23.3 Å². The molecular weight excluding hydrogens is 280 g/mol. The Kier molecular flexibility index (Phi) is 2.49. The van der Waals surface area contributed by atoms with E-state index in [1.54, 1.807) is 11.1 Å². The number of rotatable bonds is 1. The third kappa shape index (κ3) is 1.41. The number of hydrogen-bond donors (Lipinski definition) is 2. The highest BCUT2D eigenvalue weighted by Crippen LogP contribution is 2.51. The van der Waals surface area contributed by atoms with Gasteiger partial charge in [0, 0.05) is 24.2 Å². The molecule has 0 aliphatic carbocycles. The number of carbonyl (C=O) groups is 2. The maximum atomic E-state index is 13.2. The van der Waals surface area contributed by atoms with Crippen LogP contribution < -0.4 is 10.2 Å². The molecule has 0 fully saturated rings. The summed E-state index contributed by atoms with van der Waals surface area (Å²) in [5.41, 5.74) is 2.65. The Morgan fingerprint density at radius 3 is 2.91 bits per heavy atom. The number of hydrogen-bond acceptors (Lipinski definition) is 3. The minimum atomic E-state index is -0.956. The third-order valence-electron chi connectivity index (χ3n) is 4.62. The molecule has 1 atom stereocenters. The summed E-state index contributed by atoms with van der Waals surface area (Å²) in [4.78, 5) is 27.1. The van der Waals surface area contributed by atoms with E-state index < -0.39 is 5.41 Å². The molecule has 6 nitrogen and oxygen atoms in total. The third-order valence-corrected chi connectivity index (χ3v) is 4.62. The van der Waals surface area contributed by atoms with Crippen LogP contribution in [0.1, 0.15) is 30.0 Å². The number of likely N-dealkylation sites (N-methyl/N-ethyl adjacent to an activating group) is 1. The zero-order valence-electron chi connectivity index (χ0n) is 12.4. The number of anilines is 2. The number of benzene rings is 1. The molecule has 2 aliphatic heterocycles. The van der Waals surface area contributed by atoms with Crippen molar-refractivity contribution in [1.29, 1.82) is 0 Å². The molecule has 2 amide bonds. The maximum Gasteiger partial charge on any atom is 0.242 e. The van der Waals surface area contributed by atoms with Crippen LogP contribution in [0.5, 0.6) is 0 Å². The highest BCUT2D eigenvalue weighted by atomic mass is 16.2. The average Bonchev–Trinajstić information content (AvgIpc) is 3.03. The molecule has 0 bridgehead atoms. The summed E-state index contributed by atoms with van der Waals surface area (Å²) in [5, 5.41) is 9.57. The molecule has 4 rings (SSSR count). The standard InChI is InChI=1S/C16H16N4O2/c1-3-20-12-5-4-9(2)6-10(12)16(15(20)22)7-13(21)18-14-11(16)8-17-19-14/h4-6,8H,3,7H2,1-2H3,(H2,17,18,19,21)/t16-/m0/s1. The molecule has 0 radical (unpaired) electrons. The number of fused-ring (bicyclic) bond motifs is 4. The first-order chi connectivity index (χ1) is 10.6. The molecule has 112 valence electrons. The Morgan fingerprint density at radius 2 is 2.14 bits per heavy atom. The van der Waals surface area contributed by atoms with Crippen molar-refractivity contribution in [3.8, 4) is 0 Å². The van der Waals surface area contributed by atoms with Gasteiger partial charge in [0.15, 0.2) is 0 Å². The van der Waals surface area contributed by atoms with Gasteiger partial charge in [0.25, 0.3) is 0 Å². The van der Waals surface area contributed by atoms with Crippen molar-refractivity contribution in [2.45, 2.75) is 25.7 Å². The van der Waals surface area contributed by atoms with Gasteiger partial charge in [-0.1, -0.05) is 17.7 Å². The van der Waals surface area contributed by atoms with Gasteiger partial charge < -0.3 is 10.2 Å². The Balaban J connectivity index is 2.06. The first kappa shape index (κ1) is 13.1. The summed E-state index contributed by atoms with van der Waals surface area (Å²) < 4.78 is 0. The van der Waals surface area contributed by atoms with Gasteiger partial charge in [0.1, 0.15) is 11.2 Å². The first-order valence-corrected chi connectivity index (χ1v) is 7.34. The SMILES string of the molecule is CCN1C(=O)[C@@]2(CC(=O)Nc3[nH]ncc32)c2cc(C)ccc21.